The molecule has 0 aliphatic heterocycles. The van der Waals surface area contributed by atoms with E-state index >= 15 is 0 Å². The summed E-state index contributed by atoms with van der Waals surface area (Å²) in [5.41, 5.74) is 1.95. The molecule has 2 aromatic carbocycles. The van der Waals surface area contributed by atoms with Crippen molar-refractivity contribution in [2.45, 2.75) is 10.9 Å². The number of ether oxygens (including phenoxy) is 1. The van der Waals surface area contributed by atoms with Crippen molar-refractivity contribution >= 4 is 39.2 Å². The number of thioether (sulfide) groups is 1. The number of nitrogens with one attached hydrogen (secondary N) is 1. The van der Waals surface area contributed by atoms with Crippen molar-refractivity contribution in [3.8, 4) is 5.75 Å². The lowest BCUT2D eigenvalue weighted by atomic mass is 10.2. The minimum Gasteiger partial charge on any atom is -0.496 e. The van der Waals surface area contributed by atoms with Gasteiger partial charge < -0.3 is 10.1 Å². The molecule has 0 atom stereocenters. The van der Waals surface area contributed by atoms with Crippen LogP contribution in [0.2, 0.25) is 0 Å². The quantitative estimate of drug-likeness (QED) is 0.693. The number of carbonyl (C=O) groups excluding carboxylic acids is 1. The summed E-state index contributed by atoms with van der Waals surface area (Å²) < 4.78 is 7.33. The summed E-state index contributed by atoms with van der Waals surface area (Å²) in [6.45, 7) is 0.462. The molecule has 6 heteroatoms. The number of hydrogen-bond donors (Lipinski definition) is 1. The molecule has 118 valence electrons. The molecular weight excluding hydrogens is 328 g/mol. The first kappa shape index (κ1) is 15.8. The zero-order valence-electron chi connectivity index (χ0n) is 12.6. The Bertz CT molecular complexity index is 784. The van der Waals surface area contributed by atoms with Crippen molar-refractivity contribution in [2.24, 2.45) is 0 Å². The van der Waals surface area contributed by atoms with Crippen LogP contribution in [0.3, 0.4) is 0 Å². The number of methoxy groups -OCH3 is 1. The first-order chi connectivity index (χ1) is 11.3. The minimum absolute atomic E-state index is 0.0137. The first-order valence-corrected chi connectivity index (χ1v) is 8.93. The molecule has 1 heterocycles. The zero-order chi connectivity index (χ0) is 16.1. The molecular formula is C17H16N2O2S2. The Morgan fingerprint density at radius 1 is 1.22 bits per heavy atom. The Morgan fingerprint density at radius 3 is 2.83 bits per heavy atom. The highest BCUT2D eigenvalue weighted by atomic mass is 32.2. The lowest BCUT2D eigenvalue weighted by Crippen LogP contribution is -2.24. The third-order valence-electron chi connectivity index (χ3n) is 3.27. The van der Waals surface area contributed by atoms with Gasteiger partial charge in [-0.15, -0.1) is 11.3 Å². The SMILES string of the molecule is COc1ccccc1CNC(=O)CSc1nc2ccccc2s1. The fraction of sp³-hybridized carbons (Fsp3) is 0.176. The van der Waals surface area contributed by atoms with E-state index in [0.717, 1.165) is 25.9 Å². The van der Waals surface area contributed by atoms with Gasteiger partial charge in [-0.2, -0.15) is 0 Å². The van der Waals surface area contributed by atoms with Gasteiger partial charge in [0.05, 0.1) is 23.1 Å². The molecule has 0 aliphatic carbocycles. The maximum absolute atomic E-state index is 12.0. The van der Waals surface area contributed by atoms with E-state index < -0.39 is 0 Å². The van der Waals surface area contributed by atoms with Crippen LogP contribution < -0.4 is 10.1 Å². The van der Waals surface area contributed by atoms with E-state index in [1.54, 1.807) is 18.4 Å². The lowest BCUT2D eigenvalue weighted by Gasteiger charge is -2.09. The lowest BCUT2D eigenvalue weighted by molar-refractivity contribution is -0.118. The topological polar surface area (TPSA) is 51.2 Å². The van der Waals surface area contributed by atoms with E-state index in [9.17, 15) is 4.79 Å². The molecule has 0 fully saturated rings. The Hall–Kier alpha value is -2.05. The third kappa shape index (κ3) is 4.03. The Kier molecular flexibility index (Phi) is 5.15. The highest BCUT2D eigenvalue weighted by Crippen LogP contribution is 2.29. The molecule has 3 aromatic rings. The second kappa shape index (κ2) is 7.48. The van der Waals surface area contributed by atoms with E-state index in [-0.39, 0.29) is 5.91 Å². The van der Waals surface area contributed by atoms with Gasteiger partial charge >= 0.3 is 0 Å². The third-order valence-corrected chi connectivity index (χ3v) is 5.45. The van der Waals surface area contributed by atoms with Crippen molar-refractivity contribution in [2.75, 3.05) is 12.9 Å². The van der Waals surface area contributed by atoms with Crippen LogP contribution in [0.5, 0.6) is 5.75 Å². The minimum atomic E-state index is -0.0137. The fourth-order valence-corrected chi connectivity index (χ4v) is 4.03. The maximum Gasteiger partial charge on any atom is 0.230 e. The average Bonchev–Trinajstić information content (AvgIpc) is 3.01. The monoisotopic (exact) mass is 344 g/mol. The number of fused-ring (bicyclic) bond motifs is 1. The van der Waals surface area contributed by atoms with Crippen molar-refractivity contribution in [1.29, 1.82) is 0 Å². The van der Waals surface area contributed by atoms with Gasteiger partial charge in [0, 0.05) is 12.1 Å². The normalized spacial score (nSPS) is 10.7. The van der Waals surface area contributed by atoms with Crippen molar-refractivity contribution in [3.63, 3.8) is 0 Å². The van der Waals surface area contributed by atoms with Crippen LogP contribution in [0.25, 0.3) is 10.2 Å². The molecule has 1 aromatic heterocycles. The maximum atomic E-state index is 12.0. The Morgan fingerprint density at radius 2 is 2.00 bits per heavy atom. The predicted molar refractivity (Wildman–Crippen MR) is 95.2 cm³/mol. The summed E-state index contributed by atoms with van der Waals surface area (Å²) in [6, 6.07) is 15.7. The molecule has 0 unspecified atom stereocenters. The Balaban J connectivity index is 1.53. The summed E-state index contributed by atoms with van der Waals surface area (Å²) in [6.07, 6.45) is 0. The fourth-order valence-electron chi connectivity index (χ4n) is 2.13. The second-order valence-corrected chi connectivity index (χ2v) is 7.08. The number of benzene rings is 2. The summed E-state index contributed by atoms with van der Waals surface area (Å²) in [7, 11) is 1.63. The van der Waals surface area contributed by atoms with E-state index in [4.69, 9.17) is 4.74 Å². The summed E-state index contributed by atoms with van der Waals surface area (Å²) in [4.78, 5) is 16.5. The first-order valence-electron chi connectivity index (χ1n) is 7.13. The zero-order valence-corrected chi connectivity index (χ0v) is 14.2. The summed E-state index contributed by atoms with van der Waals surface area (Å²) in [5, 5.41) is 2.91. The predicted octanol–water partition coefficient (Wildman–Crippen LogP) is 3.71. The van der Waals surface area contributed by atoms with Crippen molar-refractivity contribution in [3.05, 3.63) is 54.1 Å². The van der Waals surface area contributed by atoms with E-state index in [1.165, 1.54) is 11.8 Å². The van der Waals surface area contributed by atoms with Gasteiger partial charge in [0.25, 0.3) is 0 Å². The number of para-hydroxylation sites is 2. The van der Waals surface area contributed by atoms with Gasteiger partial charge in [0.15, 0.2) is 4.34 Å². The van der Waals surface area contributed by atoms with Crippen LogP contribution >= 0.6 is 23.1 Å². The number of aromatic nitrogens is 1. The molecule has 0 spiro atoms. The number of carbonyl (C=O) groups is 1. The average molecular weight is 344 g/mol. The highest BCUT2D eigenvalue weighted by Gasteiger charge is 2.08. The van der Waals surface area contributed by atoms with Crippen LogP contribution in [-0.2, 0) is 11.3 Å². The van der Waals surface area contributed by atoms with Crippen LogP contribution in [-0.4, -0.2) is 23.8 Å². The standard InChI is InChI=1S/C17H16N2O2S2/c1-21-14-8-4-2-6-12(14)10-18-16(20)11-22-17-19-13-7-3-5-9-15(13)23-17/h2-9H,10-11H2,1H3,(H,18,20). The van der Waals surface area contributed by atoms with E-state index in [2.05, 4.69) is 10.3 Å². The summed E-state index contributed by atoms with van der Waals surface area (Å²) in [5.74, 6) is 1.13. The second-order valence-electron chi connectivity index (χ2n) is 4.82. The molecule has 0 saturated heterocycles. The van der Waals surface area contributed by atoms with Gasteiger partial charge in [0.2, 0.25) is 5.91 Å². The van der Waals surface area contributed by atoms with Crippen LogP contribution in [0.4, 0.5) is 0 Å². The van der Waals surface area contributed by atoms with Crippen molar-refractivity contribution in [1.82, 2.24) is 10.3 Å². The molecule has 0 saturated carbocycles. The van der Waals surface area contributed by atoms with Crippen LogP contribution in [0.1, 0.15) is 5.56 Å². The van der Waals surface area contributed by atoms with Gasteiger partial charge in [-0.3, -0.25) is 4.79 Å². The Labute approximate surface area is 142 Å². The summed E-state index contributed by atoms with van der Waals surface area (Å²) >= 11 is 3.08. The molecule has 23 heavy (non-hydrogen) atoms. The molecule has 1 N–H and O–H groups in total. The number of nitrogens with zero attached hydrogens (tertiary/aromatic N) is 1. The van der Waals surface area contributed by atoms with E-state index in [0.29, 0.717) is 12.3 Å². The smallest absolute Gasteiger partial charge is 0.230 e. The highest BCUT2D eigenvalue weighted by molar-refractivity contribution is 8.01. The number of thiazole rings is 1. The largest absolute Gasteiger partial charge is 0.496 e. The molecule has 3 rings (SSSR count). The van der Waals surface area contributed by atoms with Gasteiger partial charge in [-0.05, 0) is 18.2 Å². The molecule has 0 radical (unpaired) electrons. The molecule has 0 aliphatic rings. The molecule has 4 nitrogen and oxygen atoms in total. The van der Waals surface area contributed by atoms with E-state index in [1.807, 2.05) is 48.5 Å². The van der Waals surface area contributed by atoms with Gasteiger partial charge in [-0.1, -0.05) is 42.1 Å². The van der Waals surface area contributed by atoms with Crippen LogP contribution in [0, 0.1) is 0 Å². The van der Waals surface area contributed by atoms with Crippen LogP contribution in [0.15, 0.2) is 52.9 Å². The number of amides is 1. The van der Waals surface area contributed by atoms with Crippen molar-refractivity contribution < 1.29 is 9.53 Å². The molecule has 1 amide bonds. The number of rotatable bonds is 6. The molecule has 0 bridgehead atoms. The van der Waals surface area contributed by atoms with Gasteiger partial charge in [-0.25, -0.2) is 4.98 Å². The van der Waals surface area contributed by atoms with Gasteiger partial charge in [0.1, 0.15) is 5.75 Å². The number of hydrogen-bond acceptors (Lipinski definition) is 5.